The lowest BCUT2D eigenvalue weighted by Crippen LogP contribution is -2.40. The summed E-state index contributed by atoms with van der Waals surface area (Å²) >= 11 is 0. The largest absolute Gasteiger partial charge is 0.485 e. The average Bonchev–Trinajstić information content (AvgIpc) is 2.69. The summed E-state index contributed by atoms with van der Waals surface area (Å²) in [4.78, 5) is 20.5. The van der Waals surface area contributed by atoms with E-state index in [0.29, 0.717) is 17.2 Å². The molecule has 1 N–H and O–H groups in total. The van der Waals surface area contributed by atoms with E-state index < -0.39 is 6.10 Å². The van der Waals surface area contributed by atoms with E-state index in [1.807, 2.05) is 48.5 Å². The zero-order valence-electron chi connectivity index (χ0n) is 13.3. The molecule has 1 unspecified atom stereocenters. The third-order valence-corrected chi connectivity index (χ3v) is 3.83. The van der Waals surface area contributed by atoms with E-state index in [-0.39, 0.29) is 12.5 Å². The number of amides is 1. The van der Waals surface area contributed by atoms with Crippen molar-refractivity contribution in [3.63, 3.8) is 0 Å². The van der Waals surface area contributed by atoms with Crippen molar-refractivity contribution in [3.8, 4) is 22.8 Å². The van der Waals surface area contributed by atoms with Gasteiger partial charge in [-0.15, -0.1) is 0 Å². The van der Waals surface area contributed by atoms with Crippen molar-refractivity contribution in [1.82, 2.24) is 9.97 Å². The number of fused-ring (bicyclic) bond motifs is 1. The zero-order chi connectivity index (χ0) is 17.1. The summed E-state index contributed by atoms with van der Waals surface area (Å²) in [7, 11) is 0. The second kappa shape index (κ2) is 6.60. The Balaban J connectivity index is 1.43. The molecule has 6 nitrogen and oxygen atoms in total. The summed E-state index contributed by atoms with van der Waals surface area (Å²) in [6.07, 6.45) is 2.51. The molecule has 1 aliphatic heterocycles. The molecule has 1 amide bonds. The molecule has 3 aromatic rings. The van der Waals surface area contributed by atoms with Crippen LogP contribution < -0.4 is 14.8 Å². The van der Waals surface area contributed by atoms with Gasteiger partial charge in [0, 0.05) is 17.4 Å². The molecule has 0 bridgehead atoms. The van der Waals surface area contributed by atoms with Crippen LogP contribution >= 0.6 is 0 Å². The lowest BCUT2D eigenvalue weighted by Gasteiger charge is -2.25. The molecular weight excluding hydrogens is 318 g/mol. The van der Waals surface area contributed by atoms with Crippen molar-refractivity contribution in [2.75, 3.05) is 11.9 Å². The summed E-state index contributed by atoms with van der Waals surface area (Å²) in [5.41, 5.74) is 2.46. The second-order valence-corrected chi connectivity index (χ2v) is 5.53. The quantitative estimate of drug-likeness (QED) is 0.798. The highest BCUT2D eigenvalue weighted by molar-refractivity contribution is 5.95. The van der Waals surface area contributed by atoms with Crippen LogP contribution in [-0.4, -0.2) is 28.6 Å². The van der Waals surface area contributed by atoms with E-state index in [9.17, 15) is 4.79 Å². The van der Waals surface area contributed by atoms with Crippen LogP contribution in [0.4, 0.5) is 5.69 Å². The Bertz CT molecular complexity index is 882. The molecule has 25 heavy (non-hydrogen) atoms. The van der Waals surface area contributed by atoms with Crippen LogP contribution in [0.25, 0.3) is 11.3 Å². The third-order valence-electron chi connectivity index (χ3n) is 3.83. The van der Waals surface area contributed by atoms with E-state index in [2.05, 4.69) is 15.3 Å². The van der Waals surface area contributed by atoms with Crippen LogP contribution in [0.5, 0.6) is 11.5 Å². The molecular formula is C19H15N3O3. The fraction of sp³-hybridized carbons (Fsp3) is 0.105. The fourth-order valence-corrected chi connectivity index (χ4v) is 2.56. The van der Waals surface area contributed by atoms with Crippen LogP contribution in [0.3, 0.4) is 0 Å². The standard InChI is InChI=1S/C19H15N3O3/c23-19(18-11-24-16-3-1-2-4-17(16)25-18)22-14-7-5-13(6-8-14)15-9-10-20-12-21-15/h1-10,12,18H,11H2,(H,22,23). The number of rotatable bonds is 3. The van der Waals surface area contributed by atoms with Crippen molar-refractivity contribution in [3.05, 3.63) is 67.1 Å². The zero-order valence-corrected chi connectivity index (χ0v) is 13.3. The highest BCUT2D eigenvalue weighted by Crippen LogP contribution is 2.31. The van der Waals surface area contributed by atoms with Crippen molar-refractivity contribution in [2.24, 2.45) is 0 Å². The first-order valence-corrected chi connectivity index (χ1v) is 7.85. The first-order valence-electron chi connectivity index (χ1n) is 7.85. The molecule has 0 fully saturated rings. The normalized spacial score (nSPS) is 15.4. The summed E-state index contributed by atoms with van der Waals surface area (Å²) in [6, 6.07) is 16.6. The predicted octanol–water partition coefficient (Wildman–Crippen LogP) is 2.92. The Morgan fingerprint density at radius 1 is 1.04 bits per heavy atom. The fourth-order valence-electron chi connectivity index (χ4n) is 2.56. The van der Waals surface area contributed by atoms with Gasteiger partial charge in [-0.1, -0.05) is 24.3 Å². The minimum absolute atomic E-state index is 0.182. The van der Waals surface area contributed by atoms with E-state index >= 15 is 0 Å². The Kier molecular flexibility index (Phi) is 4.00. The molecule has 1 atom stereocenters. The Morgan fingerprint density at radius 2 is 1.84 bits per heavy atom. The maximum Gasteiger partial charge on any atom is 0.269 e. The molecule has 6 heteroatoms. The molecule has 124 valence electrons. The highest BCUT2D eigenvalue weighted by atomic mass is 16.6. The summed E-state index contributed by atoms with van der Waals surface area (Å²) in [5.74, 6) is 0.984. The maximum atomic E-state index is 12.4. The summed E-state index contributed by atoms with van der Waals surface area (Å²) < 4.78 is 11.3. The number of carbonyl (C=O) groups is 1. The number of nitrogens with one attached hydrogen (secondary N) is 1. The minimum atomic E-state index is -0.684. The van der Waals surface area contributed by atoms with Crippen LogP contribution in [-0.2, 0) is 4.79 Å². The van der Waals surface area contributed by atoms with Crippen LogP contribution in [0.15, 0.2) is 67.1 Å². The first kappa shape index (κ1) is 15.1. The van der Waals surface area contributed by atoms with Crippen LogP contribution in [0.2, 0.25) is 0 Å². The van der Waals surface area contributed by atoms with Gasteiger partial charge in [-0.2, -0.15) is 0 Å². The van der Waals surface area contributed by atoms with Gasteiger partial charge in [0.05, 0.1) is 5.69 Å². The molecule has 0 spiro atoms. The molecule has 1 aliphatic rings. The molecule has 2 aromatic carbocycles. The molecule has 0 radical (unpaired) electrons. The number of anilines is 1. The highest BCUT2D eigenvalue weighted by Gasteiger charge is 2.27. The number of aromatic nitrogens is 2. The number of hydrogen-bond acceptors (Lipinski definition) is 5. The number of ether oxygens (including phenoxy) is 2. The lowest BCUT2D eigenvalue weighted by molar-refractivity contribution is -0.125. The van der Waals surface area contributed by atoms with Gasteiger partial charge in [-0.05, 0) is 30.3 Å². The number of carbonyl (C=O) groups excluding carboxylic acids is 1. The van der Waals surface area contributed by atoms with E-state index in [0.717, 1.165) is 11.3 Å². The van der Waals surface area contributed by atoms with Gasteiger partial charge in [0.1, 0.15) is 12.9 Å². The van der Waals surface area contributed by atoms with Gasteiger partial charge in [0.2, 0.25) is 6.10 Å². The van der Waals surface area contributed by atoms with Crippen molar-refractivity contribution >= 4 is 11.6 Å². The van der Waals surface area contributed by atoms with E-state index in [1.54, 1.807) is 12.3 Å². The first-order chi connectivity index (χ1) is 12.3. The molecule has 0 aliphatic carbocycles. The monoisotopic (exact) mass is 333 g/mol. The van der Waals surface area contributed by atoms with Gasteiger partial charge in [-0.3, -0.25) is 4.79 Å². The molecule has 0 saturated heterocycles. The topological polar surface area (TPSA) is 73.3 Å². The summed E-state index contributed by atoms with van der Waals surface area (Å²) in [6.45, 7) is 0.182. The van der Waals surface area contributed by atoms with Crippen molar-refractivity contribution in [2.45, 2.75) is 6.10 Å². The predicted molar refractivity (Wildman–Crippen MR) is 92.5 cm³/mol. The van der Waals surface area contributed by atoms with Crippen LogP contribution in [0.1, 0.15) is 0 Å². The van der Waals surface area contributed by atoms with Gasteiger partial charge in [0.25, 0.3) is 5.91 Å². The number of benzene rings is 2. The SMILES string of the molecule is O=C(Nc1ccc(-c2ccncn2)cc1)C1COc2ccccc2O1. The number of hydrogen-bond donors (Lipinski definition) is 1. The maximum absolute atomic E-state index is 12.4. The Hall–Kier alpha value is -3.41. The number of nitrogens with zero attached hydrogens (tertiary/aromatic N) is 2. The summed E-state index contributed by atoms with van der Waals surface area (Å²) in [5, 5.41) is 2.84. The van der Waals surface area contributed by atoms with E-state index in [1.165, 1.54) is 6.33 Å². The van der Waals surface area contributed by atoms with Gasteiger partial charge in [-0.25, -0.2) is 9.97 Å². The van der Waals surface area contributed by atoms with Crippen LogP contribution in [0, 0.1) is 0 Å². The average molecular weight is 333 g/mol. The van der Waals surface area contributed by atoms with E-state index in [4.69, 9.17) is 9.47 Å². The van der Waals surface area contributed by atoms with Crippen molar-refractivity contribution < 1.29 is 14.3 Å². The molecule has 2 heterocycles. The lowest BCUT2D eigenvalue weighted by atomic mass is 10.1. The Morgan fingerprint density at radius 3 is 2.60 bits per heavy atom. The molecule has 4 rings (SSSR count). The van der Waals surface area contributed by atoms with Crippen molar-refractivity contribution in [1.29, 1.82) is 0 Å². The Labute approximate surface area is 144 Å². The molecule has 1 aromatic heterocycles. The van der Waals surface area contributed by atoms with Gasteiger partial charge in [0.15, 0.2) is 11.5 Å². The molecule has 0 saturated carbocycles. The third kappa shape index (κ3) is 3.28. The number of para-hydroxylation sites is 2. The van der Waals surface area contributed by atoms with Gasteiger partial charge >= 0.3 is 0 Å². The second-order valence-electron chi connectivity index (χ2n) is 5.53. The smallest absolute Gasteiger partial charge is 0.269 e. The van der Waals surface area contributed by atoms with Gasteiger partial charge < -0.3 is 14.8 Å². The minimum Gasteiger partial charge on any atom is -0.485 e.